The standard InChI is InChI=1S/C20H27F4NO2/c1-19(2,3)17-11-13(7-8-25(17)18(26)27)5-4-6-14-9-15(20(22,23)24)12-16(21)10-14/h9-10,12-13,17H,4-8,11H2,1-3H3,(H,26,27). The molecule has 1 N–H and O–H groups in total. The number of hydrogen-bond donors (Lipinski definition) is 1. The molecule has 0 aromatic heterocycles. The van der Waals surface area contributed by atoms with E-state index >= 15 is 0 Å². The van der Waals surface area contributed by atoms with Crippen molar-refractivity contribution >= 4 is 6.09 Å². The Morgan fingerprint density at radius 1 is 1.22 bits per heavy atom. The second-order valence-electron chi connectivity index (χ2n) is 8.49. The van der Waals surface area contributed by atoms with Crippen LogP contribution in [0.3, 0.4) is 0 Å². The van der Waals surface area contributed by atoms with E-state index in [4.69, 9.17) is 0 Å². The van der Waals surface area contributed by atoms with Crippen LogP contribution in [-0.2, 0) is 12.6 Å². The molecule has 1 saturated heterocycles. The average molecular weight is 389 g/mol. The maximum atomic E-state index is 13.5. The number of rotatable bonds is 4. The van der Waals surface area contributed by atoms with Crippen molar-refractivity contribution in [2.75, 3.05) is 6.54 Å². The molecule has 3 nitrogen and oxygen atoms in total. The highest BCUT2D eigenvalue weighted by Crippen LogP contribution is 2.36. The molecule has 152 valence electrons. The zero-order valence-corrected chi connectivity index (χ0v) is 15.9. The summed E-state index contributed by atoms with van der Waals surface area (Å²) in [6.07, 6.45) is -2.16. The van der Waals surface area contributed by atoms with Crippen LogP contribution in [0.2, 0.25) is 0 Å². The predicted octanol–water partition coefficient (Wildman–Crippen LogP) is 5.97. The Bertz CT molecular complexity index is 667. The van der Waals surface area contributed by atoms with E-state index in [1.165, 1.54) is 4.90 Å². The molecule has 2 rings (SSSR count). The van der Waals surface area contributed by atoms with Gasteiger partial charge in [-0.15, -0.1) is 0 Å². The van der Waals surface area contributed by atoms with Gasteiger partial charge in [-0.05, 0) is 67.2 Å². The number of nitrogens with zero attached hydrogens (tertiary/aromatic N) is 1. The van der Waals surface area contributed by atoms with Gasteiger partial charge >= 0.3 is 12.3 Å². The third-order valence-corrected chi connectivity index (χ3v) is 5.32. The van der Waals surface area contributed by atoms with Gasteiger partial charge in [-0.25, -0.2) is 9.18 Å². The SMILES string of the molecule is CC(C)(C)C1CC(CCCc2cc(F)cc(C(F)(F)F)c2)CCN1C(=O)O. The van der Waals surface area contributed by atoms with Gasteiger partial charge in [0.15, 0.2) is 0 Å². The second-order valence-corrected chi connectivity index (χ2v) is 8.49. The molecule has 1 aromatic carbocycles. The minimum atomic E-state index is -4.56. The van der Waals surface area contributed by atoms with Crippen LogP contribution in [0, 0.1) is 17.2 Å². The van der Waals surface area contributed by atoms with E-state index in [-0.39, 0.29) is 11.5 Å². The van der Waals surface area contributed by atoms with Gasteiger partial charge in [-0.1, -0.05) is 20.8 Å². The molecule has 2 atom stereocenters. The van der Waals surface area contributed by atoms with Crippen LogP contribution in [-0.4, -0.2) is 28.7 Å². The molecule has 0 bridgehead atoms. The van der Waals surface area contributed by atoms with Crippen molar-refractivity contribution in [2.45, 2.75) is 65.1 Å². The summed E-state index contributed by atoms with van der Waals surface area (Å²) in [5.41, 5.74) is -0.793. The Kier molecular flexibility index (Phi) is 6.43. The molecular formula is C20H27F4NO2. The van der Waals surface area contributed by atoms with Gasteiger partial charge < -0.3 is 10.0 Å². The maximum absolute atomic E-state index is 13.5. The summed E-state index contributed by atoms with van der Waals surface area (Å²) < 4.78 is 51.9. The summed E-state index contributed by atoms with van der Waals surface area (Å²) in [5.74, 6) is -0.553. The van der Waals surface area contributed by atoms with Gasteiger partial charge in [-0.2, -0.15) is 13.2 Å². The number of alkyl halides is 3. The van der Waals surface area contributed by atoms with Crippen LogP contribution >= 0.6 is 0 Å². The fraction of sp³-hybridized carbons (Fsp3) is 0.650. The number of halogens is 4. The number of benzene rings is 1. The number of carbonyl (C=O) groups is 1. The highest BCUT2D eigenvalue weighted by atomic mass is 19.4. The van der Waals surface area contributed by atoms with Crippen molar-refractivity contribution in [3.63, 3.8) is 0 Å². The van der Waals surface area contributed by atoms with Crippen molar-refractivity contribution in [1.29, 1.82) is 0 Å². The Morgan fingerprint density at radius 2 is 1.89 bits per heavy atom. The predicted molar refractivity (Wildman–Crippen MR) is 95.0 cm³/mol. The smallest absolute Gasteiger partial charge is 0.416 e. The average Bonchev–Trinajstić information content (AvgIpc) is 2.52. The van der Waals surface area contributed by atoms with Gasteiger partial charge in [0, 0.05) is 12.6 Å². The summed E-state index contributed by atoms with van der Waals surface area (Å²) >= 11 is 0. The first kappa shape index (κ1) is 21.5. The maximum Gasteiger partial charge on any atom is 0.416 e. The van der Waals surface area contributed by atoms with Gasteiger partial charge in [0.25, 0.3) is 0 Å². The van der Waals surface area contributed by atoms with Crippen molar-refractivity contribution in [3.05, 3.63) is 35.1 Å². The summed E-state index contributed by atoms with van der Waals surface area (Å²) in [6, 6.07) is 2.59. The van der Waals surface area contributed by atoms with Crippen molar-refractivity contribution in [1.82, 2.24) is 4.90 Å². The number of amides is 1. The normalized spacial score (nSPS) is 21.4. The summed E-state index contributed by atoms with van der Waals surface area (Å²) in [7, 11) is 0. The van der Waals surface area contributed by atoms with E-state index in [2.05, 4.69) is 0 Å². The molecule has 0 radical (unpaired) electrons. The first-order valence-corrected chi connectivity index (χ1v) is 9.24. The molecular weight excluding hydrogens is 362 g/mol. The van der Waals surface area contributed by atoms with Crippen LogP contribution in [0.4, 0.5) is 22.4 Å². The van der Waals surface area contributed by atoms with Crippen LogP contribution in [0.1, 0.15) is 57.6 Å². The number of likely N-dealkylation sites (tertiary alicyclic amines) is 1. The lowest BCUT2D eigenvalue weighted by molar-refractivity contribution is -0.137. The second kappa shape index (κ2) is 8.07. The molecule has 1 heterocycles. The van der Waals surface area contributed by atoms with Crippen molar-refractivity contribution < 1.29 is 27.5 Å². The molecule has 1 aliphatic heterocycles. The fourth-order valence-electron chi connectivity index (χ4n) is 3.90. The summed E-state index contributed by atoms with van der Waals surface area (Å²) in [4.78, 5) is 13.0. The molecule has 2 unspecified atom stereocenters. The van der Waals surface area contributed by atoms with Crippen LogP contribution in [0.5, 0.6) is 0 Å². The van der Waals surface area contributed by atoms with E-state index in [1.54, 1.807) is 0 Å². The van der Waals surface area contributed by atoms with E-state index < -0.39 is 23.7 Å². The summed E-state index contributed by atoms with van der Waals surface area (Å²) in [5, 5.41) is 9.40. The zero-order chi connectivity index (χ0) is 20.4. The van der Waals surface area contributed by atoms with E-state index in [9.17, 15) is 27.5 Å². The topological polar surface area (TPSA) is 40.5 Å². The monoisotopic (exact) mass is 389 g/mol. The van der Waals surface area contributed by atoms with E-state index in [0.29, 0.717) is 36.9 Å². The minimum Gasteiger partial charge on any atom is -0.465 e. The number of aryl methyl sites for hydroxylation is 1. The molecule has 7 heteroatoms. The van der Waals surface area contributed by atoms with Gasteiger partial charge in [0.2, 0.25) is 0 Å². The number of carboxylic acid groups (broad SMARTS) is 1. The first-order chi connectivity index (χ1) is 12.4. The lowest BCUT2D eigenvalue weighted by atomic mass is 9.76. The Balaban J connectivity index is 1.96. The molecule has 0 aliphatic carbocycles. The Morgan fingerprint density at radius 3 is 2.44 bits per heavy atom. The van der Waals surface area contributed by atoms with Crippen molar-refractivity contribution in [2.24, 2.45) is 11.3 Å². The Hall–Kier alpha value is -1.79. The van der Waals surface area contributed by atoms with Crippen LogP contribution in [0.15, 0.2) is 18.2 Å². The molecule has 1 amide bonds. The number of hydrogen-bond acceptors (Lipinski definition) is 1. The molecule has 0 spiro atoms. The zero-order valence-electron chi connectivity index (χ0n) is 15.9. The van der Waals surface area contributed by atoms with Gasteiger partial charge in [0.1, 0.15) is 5.82 Å². The van der Waals surface area contributed by atoms with E-state index in [1.807, 2.05) is 20.8 Å². The molecule has 27 heavy (non-hydrogen) atoms. The first-order valence-electron chi connectivity index (χ1n) is 9.24. The third-order valence-electron chi connectivity index (χ3n) is 5.32. The van der Waals surface area contributed by atoms with Gasteiger partial charge in [-0.3, -0.25) is 0 Å². The quantitative estimate of drug-likeness (QED) is 0.644. The lowest BCUT2D eigenvalue weighted by Gasteiger charge is -2.44. The molecule has 1 aromatic rings. The molecule has 0 saturated carbocycles. The van der Waals surface area contributed by atoms with Crippen LogP contribution < -0.4 is 0 Å². The highest BCUT2D eigenvalue weighted by Gasteiger charge is 2.38. The highest BCUT2D eigenvalue weighted by molar-refractivity contribution is 5.65. The molecule has 1 aliphatic rings. The van der Waals surface area contributed by atoms with Crippen molar-refractivity contribution in [3.8, 4) is 0 Å². The number of piperidine rings is 1. The molecule has 1 fully saturated rings. The minimum absolute atomic E-state index is 0.0836. The Labute approximate surface area is 157 Å². The third kappa shape index (κ3) is 5.84. The van der Waals surface area contributed by atoms with Crippen LogP contribution in [0.25, 0.3) is 0 Å². The largest absolute Gasteiger partial charge is 0.465 e. The summed E-state index contributed by atoms with van der Waals surface area (Å²) in [6.45, 7) is 6.52. The lowest BCUT2D eigenvalue weighted by Crippen LogP contribution is -2.51. The van der Waals surface area contributed by atoms with Gasteiger partial charge in [0.05, 0.1) is 5.56 Å². The van der Waals surface area contributed by atoms with E-state index in [0.717, 1.165) is 31.4 Å². The fourth-order valence-corrected chi connectivity index (χ4v) is 3.90.